The van der Waals surface area contributed by atoms with Crippen LogP contribution in [0.25, 0.3) is 10.9 Å². The Bertz CT molecular complexity index is 575. The predicted molar refractivity (Wildman–Crippen MR) is 85.3 cm³/mol. The van der Waals surface area contributed by atoms with Gasteiger partial charge in [0.2, 0.25) is 5.91 Å². The van der Waals surface area contributed by atoms with Crippen LogP contribution < -0.4 is 5.32 Å². The molecule has 21 heavy (non-hydrogen) atoms. The Hall–Kier alpha value is -1.81. The van der Waals surface area contributed by atoms with Crippen molar-refractivity contribution in [2.45, 2.75) is 39.2 Å². The van der Waals surface area contributed by atoms with E-state index in [9.17, 15) is 4.79 Å². The third-order valence-electron chi connectivity index (χ3n) is 3.37. The van der Waals surface area contributed by atoms with E-state index in [-0.39, 0.29) is 12.0 Å². The molecule has 114 valence electrons. The highest BCUT2D eigenvalue weighted by atomic mass is 16.5. The first kappa shape index (κ1) is 15.6. The number of ether oxygens (including phenoxy) is 1. The fourth-order valence-electron chi connectivity index (χ4n) is 2.29. The van der Waals surface area contributed by atoms with E-state index in [1.54, 1.807) is 0 Å². The Morgan fingerprint density at radius 3 is 2.90 bits per heavy atom. The Morgan fingerprint density at radius 2 is 2.10 bits per heavy atom. The molecule has 1 amide bonds. The van der Waals surface area contributed by atoms with Gasteiger partial charge in [0.15, 0.2) is 0 Å². The van der Waals surface area contributed by atoms with Gasteiger partial charge in [0.05, 0.1) is 12.5 Å². The molecule has 4 nitrogen and oxygen atoms in total. The van der Waals surface area contributed by atoms with Gasteiger partial charge in [-0.1, -0.05) is 18.2 Å². The lowest BCUT2D eigenvalue weighted by Gasteiger charge is -2.08. The van der Waals surface area contributed by atoms with E-state index in [0.717, 1.165) is 35.9 Å². The Labute approximate surface area is 125 Å². The first-order valence-corrected chi connectivity index (χ1v) is 7.60. The number of aromatic amines is 1. The van der Waals surface area contributed by atoms with Crippen LogP contribution >= 0.6 is 0 Å². The monoisotopic (exact) mass is 288 g/mol. The number of hydrogen-bond acceptors (Lipinski definition) is 2. The van der Waals surface area contributed by atoms with Crippen molar-refractivity contribution in [1.29, 1.82) is 0 Å². The number of hydrogen-bond donors (Lipinski definition) is 2. The normalized spacial score (nSPS) is 11.2. The van der Waals surface area contributed by atoms with E-state index in [4.69, 9.17) is 4.74 Å². The highest BCUT2D eigenvalue weighted by Gasteiger charge is 2.07. The third kappa shape index (κ3) is 4.90. The van der Waals surface area contributed by atoms with Crippen molar-refractivity contribution in [2.75, 3.05) is 13.2 Å². The molecule has 0 saturated heterocycles. The van der Waals surface area contributed by atoms with Crippen molar-refractivity contribution in [2.24, 2.45) is 0 Å². The molecule has 0 unspecified atom stereocenters. The van der Waals surface area contributed by atoms with E-state index in [0.29, 0.717) is 13.0 Å². The van der Waals surface area contributed by atoms with Crippen LogP contribution in [0.15, 0.2) is 30.5 Å². The lowest BCUT2D eigenvalue weighted by molar-refractivity contribution is -0.120. The average Bonchev–Trinajstić information content (AvgIpc) is 2.86. The highest BCUT2D eigenvalue weighted by Crippen LogP contribution is 2.17. The minimum Gasteiger partial charge on any atom is -0.379 e. The first-order chi connectivity index (χ1) is 10.2. The summed E-state index contributed by atoms with van der Waals surface area (Å²) in [7, 11) is 0. The topological polar surface area (TPSA) is 54.1 Å². The summed E-state index contributed by atoms with van der Waals surface area (Å²) in [6.07, 6.45) is 4.55. The molecule has 0 aliphatic rings. The maximum Gasteiger partial charge on any atom is 0.224 e. The molecule has 1 aromatic heterocycles. The van der Waals surface area contributed by atoms with Crippen molar-refractivity contribution in [1.82, 2.24) is 10.3 Å². The van der Waals surface area contributed by atoms with E-state index in [1.807, 2.05) is 44.3 Å². The number of aromatic nitrogens is 1. The number of H-pyrrole nitrogens is 1. The lowest BCUT2D eigenvalue weighted by Crippen LogP contribution is -2.26. The summed E-state index contributed by atoms with van der Waals surface area (Å²) in [5.74, 6) is 0.0736. The summed E-state index contributed by atoms with van der Waals surface area (Å²) >= 11 is 0. The number of nitrogens with one attached hydrogen (secondary N) is 2. The lowest BCUT2D eigenvalue weighted by atomic mass is 10.1. The Morgan fingerprint density at radius 1 is 1.29 bits per heavy atom. The van der Waals surface area contributed by atoms with Gasteiger partial charge in [-0.05, 0) is 38.3 Å². The summed E-state index contributed by atoms with van der Waals surface area (Å²) in [5.41, 5.74) is 2.12. The second kappa shape index (κ2) is 7.84. The summed E-state index contributed by atoms with van der Waals surface area (Å²) < 4.78 is 5.47. The molecule has 0 radical (unpaired) electrons. The standard InChI is InChI=1S/C17H24N2O2/c1-13(2)21-10-6-5-9-18-17(20)11-14-12-19-16-8-4-3-7-15(14)16/h3-4,7-8,12-13,19H,5-6,9-11H2,1-2H3,(H,18,20). The van der Waals surface area contributed by atoms with Gasteiger partial charge >= 0.3 is 0 Å². The smallest absolute Gasteiger partial charge is 0.224 e. The van der Waals surface area contributed by atoms with Gasteiger partial charge in [-0.15, -0.1) is 0 Å². The van der Waals surface area contributed by atoms with Crippen molar-refractivity contribution < 1.29 is 9.53 Å². The van der Waals surface area contributed by atoms with Crippen LogP contribution in [0.3, 0.4) is 0 Å². The zero-order chi connectivity index (χ0) is 15.1. The maximum absolute atomic E-state index is 11.9. The summed E-state index contributed by atoms with van der Waals surface area (Å²) in [6.45, 7) is 5.53. The molecule has 4 heteroatoms. The molecule has 0 spiro atoms. The summed E-state index contributed by atoms with van der Waals surface area (Å²) in [4.78, 5) is 15.1. The van der Waals surface area contributed by atoms with Crippen LogP contribution in [-0.2, 0) is 16.0 Å². The van der Waals surface area contributed by atoms with Gasteiger partial charge in [-0.25, -0.2) is 0 Å². The molecule has 0 aliphatic heterocycles. The number of amides is 1. The number of carbonyl (C=O) groups is 1. The molecule has 2 aromatic rings. The zero-order valence-corrected chi connectivity index (χ0v) is 12.8. The number of unbranched alkanes of at least 4 members (excludes halogenated alkanes) is 1. The fraction of sp³-hybridized carbons (Fsp3) is 0.471. The molecule has 0 bridgehead atoms. The second-order valence-electron chi connectivity index (χ2n) is 5.51. The van der Waals surface area contributed by atoms with Crippen LogP contribution in [0.5, 0.6) is 0 Å². The maximum atomic E-state index is 11.9. The van der Waals surface area contributed by atoms with Gasteiger partial charge in [-0.3, -0.25) is 4.79 Å². The Balaban J connectivity index is 1.70. The molecule has 2 N–H and O–H groups in total. The van der Waals surface area contributed by atoms with Crippen molar-refractivity contribution in [3.8, 4) is 0 Å². The summed E-state index contributed by atoms with van der Waals surface area (Å²) in [6, 6.07) is 8.04. The minimum absolute atomic E-state index is 0.0736. The molecule has 1 heterocycles. The molecule has 0 aliphatic carbocycles. The number of fused-ring (bicyclic) bond motifs is 1. The van der Waals surface area contributed by atoms with Gasteiger partial charge in [-0.2, -0.15) is 0 Å². The molecule has 2 rings (SSSR count). The van der Waals surface area contributed by atoms with E-state index < -0.39 is 0 Å². The first-order valence-electron chi connectivity index (χ1n) is 7.60. The predicted octanol–water partition coefficient (Wildman–Crippen LogP) is 3.03. The van der Waals surface area contributed by atoms with Gasteiger partial charge in [0.25, 0.3) is 0 Å². The van der Waals surface area contributed by atoms with Gasteiger partial charge in [0, 0.05) is 30.3 Å². The third-order valence-corrected chi connectivity index (χ3v) is 3.37. The van der Waals surface area contributed by atoms with Gasteiger partial charge < -0.3 is 15.0 Å². The van der Waals surface area contributed by atoms with E-state index >= 15 is 0 Å². The minimum atomic E-state index is 0.0736. The molecular formula is C17H24N2O2. The van der Waals surface area contributed by atoms with Crippen molar-refractivity contribution in [3.63, 3.8) is 0 Å². The van der Waals surface area contributed by atoms with Crippen LogP contribution in [0.2, 0.25) is 0 Å². The molecule has 0 saturated carbocycles. The molecule has 1 aromatic carbocycles. The van der Waals surface area contributed by atoms with Crippen LogP contribution in [0.1, 0.15) is 32.3 Å². The van der Waals surface area contributed by atoms with E-state index in [1.165, 1.54) is 0 Å². The molecule has 0 fully saturated rings. The number of carbonyl (C=O) groups excluding carboxylic acids is 1. The van der Waals surface area contributed by atoms with Crippen LogP contribution in [-0.4, -0.2) is 30.1 Å². The Kier molecular flexibility index (Phi) is 5.81. The van der Waals surface area contributed by atoms with Gasteiger partial charge in [0.1, 0.15) is 0 Å². The van der Waals surface area contributed by atoms with Crippen molar-refractivity contribution in [3.05, 3.63) is 36.0 Å². The summed E-state index contributed by atoms with van der Waals surface area (Å²) in [5, 5.41) is 4.09. The largest absolute Gasteiger partial charge is 0.379 e. The number of rotatable bonds is 8. The van der Waals surface area contributed by atoms with E-state index in [2.05, 4.69) is 10.3 Å². The van der Waals surface area contributed by atoms with Crippen LogP contribution in [0, 0.1) is 0 Å². The molecule has 0 atom stereocenters. The second-order valence-corrected chi connectivity index (χ2v) is 5.51. The highest BCUT2D eigenvalue weighted by molar-refractivity contribution is 5.88. The average molecular weight is 288 g/mol. The van der Waals surface area contributed by atoms with Crippen molar-refractivity contribution >= 4 is 16.8 Å². The number of benzene rings is 1. The molecular weight excluding hydrogens is 264 g/mol. The van der Waals surface area contributed by atoms with Crippen LogP contribution in [0.4, 0.5) is 0 Å². The quantitative estimate of drug-likeness (QED) is 0.734. The zero-order valence-electron chi connectivity index (χ0n) is 12.8. The number of para-hydroxylation sites is 1. The SMILES string of the molecule is CC(C)OCCCCNC(=O)Cc1c[nH]c2ccccc12. The fourth-order valence-corrected chi connectivity index (χ4v) is 2.29.